The fourth-order valence-electron chi connectivity index (χ4n) is 2.10. The number of hydrogen-bond donors (Lipinski definition) is 1. The van der Waals surface area contributed by atoms with Gasteiger partial charge in [-0.1, -0.05) is 0 Å². The normalized spacial score (nSPS) is 12.9. The van der Waals surface area contributed by atoms with Gasteiger partial charge in [-0.3, -0.25) is 9.36 Å². The summed E-state index contributed by atoms with van der Waals surface area (Å²) in [6.45, 7) is 3.22. The molecule has 0 saturated carbocycles. The van der Waals surface area contributed by atoms with Gasteiger partial charge in [0.05, 0.1) is 46.9 Å². The molecule has 2 aromatic heterocycles. The monoisotopic (exact) mass is 327 g/mol. The Morgan fingerprint density at radius 1 is 1.53 bits per heavy atom. The van der Waals surface area contributed by atoms with Gasteiger partial charge in [-0.25, -0.2) is 0 Å². The van der Waals surface area contributed by atoms with E-state index in [2.05, 4.69) is 26.1 Å². The van der Waals surface area contributed by atoms with E-state index in [-0.39, 0.29) is 6.04 Å². The van der Waals surface area contributed by atoms with Gasteiger partial charge in [0.15, 0.2) is 0 Å². The summed E-state index contributed by atoms with van der Waals surface area (Å²) in [6.07, 6.45) is 1.76. The van der Waals surface area contributed by atoms with Crippen LogP contribution >= 0.6 is 15.9 Å². The molecular formula is C12H18BrN5O. The van der Waals surface area contributed by atoms with Crippen LogP contribution in [0.3, 0.4) is 0 Å². The maximum atomic E-state index is 6.36. The minimum atomic E-state index is -0.278. The Hall–Kier alpha value is -1.18. The number of aromatic nitrogens is 4. The summed E-state index contributed by atoms with van der Waals surface area (Å²) in [5.41, 5.74) is 9.19. The maximum absolute atomic E-state index is 6.36. The number of rotatable bonds is 5. The van der Waals surface area contributed by atoms with Crippen LogP contribution in [0.2, 0.25) is 0 Å². The average molecular weight is 328 g/mol. The molecule has 2 N–H and O–H groups in total. The molecule has 0 bridgehead atoms. The van der Waals surface area contributed by atoms with Gasteiger partial charge >= 0.3 is 0 Å². The molecule has 1 unspecified atom stereocenters. The van der Waals surface area contributed by atoms with E-state index in [0.29, 0.717) is 13.2 Å². The third-order valence-corrected chi connectivity index (χ3v) is 3.60. The second-order valence-corrected chi connectivity index (χ2v) is 5.26. The second kappa shape index (κ2) is 5.85. The lowest BCUT2D eigenvalue weighted by Crippen LogP contribution is -2.21. The number of aryl methyl sites for hydroxylation is 2. The van der Waals surface area contributed by atoms with E-state index >= 15 is 0 Å². The van der Waals surface area contributed by atoms with E-state index in [0.717, 1.165) is 21.6 Å². The van der Waals surface area contributed by atoms with Crippen LogP contribution in [0.25, 0.3) is 0 Å². The Labute approximate surface area is 120 Å². The van der Waals surface area contributed by atoms with Crippen LogP contribution in [0.1, 0.15) is 23.1 Å². The van der Waals surface area contributed by atoms with Crippen molar-refractivity contribution in [3.8, 4) is 0 Å². The standard InChI is InChI=1S/C12H18BrN5O/c1-8-6-10(17(2)16-8)11(14)12-9(13)7-15-18(12)4-5-19-3/h6-7,11H,4-5,14H2,1-3H3. The van der Waals surface area contributed by atoms with E-state index in [1.807, 2.05) is 24.7 Å². The summed E-state index contributed by atoms with van der Waals surface area (Å²) in [4.78, 5) is 0. The van der Waals surface area contributed by atoms with Crippen molar-refractivity contribution in [1.82, 2.24) is 19.6 Å². The third kappa shape index (κ3) is 2.88. The van der Waals surface area contributed by atoms with Crippen LogP contribution in [0, 0.1) is 6.92 Å². The van der Waals surface area contributed by atoms with Crippen molar-refractivity contribution >= 4 is 15.9 Å². The summed E-state index contributed by atoms with van der Waals surface area (Å²) in [7, 11) is 3.56. The molecule has 2 aromatic rings. The summed E-state index contributed by atoms with van der Waals surface area (Å²) in [5.74, 6) is 0. The average Bonchev–Trinajstić information content (AvgIpc) is 2.89. The lowest BCUT2D eigenvalue weighted by atomic mass is 10.1. The Balaban J connectivity index is 2.35. The van der Waals surface area contributed by atoms with Crippen LogP contribution in [0.15, 0.2) is 16.7 Å². The van der Waals surface area contributed by atoms with Crippen molar-refractivity contribution in [3.05, 3.63) is 33.8 Å². The van der Waals surface area contributed by atoms with E-state index in [9.17, 15) is 0 Å². The number of halogens is 1. The molecular weight excluding hydrogens is 310 g/mol. The Morgan fingerprint density at radius 2 is 2.26 bits per heavy atom. The molecule has 0 aliphatic carbocycles. The molecule has 19 heavy (non-hydrogen) atoms. The molecule has 0 amide bonds. The van der Waals surface area contributed by atoms with Crippen LogP contribution in [0.5, 0.6) is 0 Å². The van der Waals surface area contributed by atoms with Gasteiger partial charge in [-0.2, -0.15) is 10.2 Å². The van der Waals surface area contributed by atoms with Crippen molar-refractivity contribution < 1.29 is 4.74 Å². The van der Waals surface area contributed by atoms with E-state index in [1.54, 1.807) is 18.0 Å². The molecule has 0 fully saturated rings. The van der Waals surface area contributed by atoms with Gasteiger partial charge in [0.1, 0.15) is 0 Å². The van der Waals surface area contributed by atoms with E-state index in [4.69, 9.17) is 10.5 Å². The van der Waals surface area contributed by atoms with Crippen molar-refractivity contribution in [1.29, 1.82) is 0 Å². The Morgan fingerprint density at radius 3 is 2.84 bits per heavy atom. The number of methoxy groups -OCH3 is 1. The smallest absolute Gasteiger partial charge is 0.0905 e. The van der Waals surface area contributed by atoms with Crippen LogP contribution in [-0.2, 0) is 18.3 Å². The van der Waals surface area contributed by atoms with Crippen molar-refractivity contribution in [2.75, 3.05) is 13.7 Å². The van der Waals surface area contributed by atoms with Gasteiger partial charge in [-0.15, -0.1) is 0 Å². The predicted molar refractivity (Wildman–Crippen MR) is 75.8 cm³/mol. The Kier molecular flexibility index (Phi) is 4.38. The molecule has 0 spiro atoms. The highest BCUT2D eigenvalue weighted by atomic mass is 79.9. The third-order valence-electron chi connectivity index (χ3n) is 2.99. The zero-order chi connectivity index (χ0) is 14.0. The molecule has 0 radical (unpaired) electrons. The molecule has 2 rings (SSSR count). The zero-order valence-corrected chi connectivity index (χ0v) is 12.9. The molecule has 2 heterocycles. The second-order valence-electron chi connectivity index (χ2n) is 4.41. The quantitative estimate of drug-likeness (QED) is 0.900. The van der Waals surface area contributed by atoms with Crippen LogP contribution in [0.4, 0.5) is 0 Å². The molecule has 0 aromatic carbocycles. The number of nitrogens with two attached hydrogens (primary N) is 1. The molecule has 7 heteroatoms. The zero-order valence-electron chi connectivity index (χ0n) is 11.3. The fraction of sp³-hybridized carbons (Fsp3) is 0.500. The van der Waals surface area contributed by atoms with E-state index < -0.39 is 0 Å². The first-order chi connectivity index (χ1) is 9.04. The first kappa shape index (κ1) is 14.2. The Bertz CT molecular complexity index is 562. The number of ether oxygens (including phenoxy) is 1. The molecule has 6 nitrogen and oxygen atoms in total. The highest BCUT2D eigenvalue weighted by Crippen LogP contribution is 2.26. The lowest BCUT2D eigenvalue weighted by molar-refractivity contribution is 0.182. The van der Waals surface area contributed by atoms with E-state index in [1.165, 1.54) is 0 Å². The van der Waals surface area contributed by atoms with Gasteiger partial charge in [0, 0.05) is 14.2 Å². The molecule has 0 aliphatic rings. The predicted octanol–water partition coefficient (Wildman–Crippen LogP) is 1.38. The number of nitrogens with zero attached hydrogens (tertiary/aromatic N) is 4. The van der Waals surface area contributed by atoms with Gasteiger partial charge in [0.25, 0.3) is 0 Å². The molecule has 104 valence electrons. The summed E-state index contributed by atoms with van der Waals surface area (Å²) in [6, 6.07) is 1.71. The first-order valence-electron chi connectivity index (χ1n) is 6.01. The SMILES string of the molecule is COCCn1ncc(Br)c1C(N)c1cc(C)nn1C. The minimum absolute atomic E-state index is 0.278. The first-order valence-corrected chi connectivity index (χ1v) is 6.80. The largest absolute Gasteiger partial charge is 0.383 e. The van der Waals surface area contributed by atoms with Gasteiger partial charge < -0.3 is 10.5 Å². The van der Waals surface area contributed by atoms with Crippen LogP contribution < -0.4 is 5.73 Å². The summed E-state index contributed by atoms with van der Waals surface area (Å²) >= 11 is 3.50. The highest BCUT2D eigenvalue weighted by molar-refractivity contribution is 9.10. The highest BCUT2D eigenvalue weighted by Gasteiger charge is 2.21. The molecule has 1 atom stereocenters. The van der Waals surface area contributed by atoms with Crippen LogP contribution in [-0.4, -0.2) is 33.3 Å². The van der Waals surface area contributed by atoms with Crippen molar-refractivity contribution in [3.63, 3.8) is 0 Å². The topological polar surface area (TPSA) is 70.9 Å². The molecule has 0 saturated heterocycles. The minimum Gasteiger partial charge on any atom is -0.383 e. The summed E-state index contributed by atoms with van der Waals surface area (Å²) < 4.78 is 9.65. The fourth-order valence-corrected chi connectivity index (χ4v) is 2.64. The van der Waals surface area contributed by atoms with Gasteiger partial charge in [-0.05, 0) is 28.9 Å². The van der Waals surface area contributed by atoms with Crippen molar-refractivity contribution in [2.24, 2.45) is 12.8 Å². The lowest BCUT2D eigenvalue weighted by Gasteiger charge is -2.15. The number of hydrogen-bond acceptors (Lipinski definition) is 4. The van der Waals surface area contributed by atoms with Gasteiger partial charge in [0.2, 0.25) is 0 Å². The maximum Gasteiger partial charge on any atom is 0.0905 e. The summed E-state index contributed by atoms with van der Waals surface area (Å²) in [5, 5.41) is 8.65. The molecule has 0 aliphatic heterocycles. The van der Waals surface area contributed by atoms with Crippen molar-refractivity contribution in [2.45, 2.75) is 19.5 Å².